The predicted molar refractivity (Wildman–Crippen MR) is 131 cm³/mol. The number of carbonyl (C=O) groups is 1. The van der Waals surface area contributed by atoms with Gasteiger partial charge in [0.25, 0.3) is 0 Å². The summed E-state index contributed by atoms with van der Waals surface area (Å²) in [6, 6.07) is 14.0. The number of Topliss-reactive ketones (excluding diaryl/α,β-unsaturated/α-hetero) is 1. The van der Waals surface area contributed by atoms with Crippen molar-refractivity contribution in [2.45, 2.75) is 46.6 Å². The topological polar surface area (TPSA) is 72.2 Å². The van der Waals surface area contributed by atoms with E-state index in [0.29, 0.717) is 41.1 Å². The molecule has 0 saturated heterocycles. The Labute approximate surface area is 194 Å². The standard InChI is InChI=1S/C15H12N2O3S.C10H14.CH4/c1-9(18)8-21-15-11(7-16)4-10-5-13-14(6-12(10)17-15)20-3-2-19-13;1-4-10-7-5-6-8(2)9(10)3;/h4-6H,2-3,8H2,1H3;5-7H,4H2,1-3H3;1H4. The highest BCUT2D eigenvalue weighted by molar-refractivity contribution is 8.00. The summed E-state index contributed by atoms with van der Waals surface area (Å²) >= 11 is 1.28. The predicted octanol–water partition coefficient (Wildman–Crippen LogP) is 6.06. The Morgan fingerprint density at radius 1 is 1.16 bits per heavy atom. The summed E-state index contributed by atoms with van der Waals surface area (Å²) in [4.78, 5) is 15.6. The first-order valence-corrected chi connectivity index (χ1v) is 11.2. The molecular formula is C26H30N2O3S. The van der Waals surface area contributed by atoms with E-state index in [1.54, 1.807) is 6.07 Å². The lowest BCUT2D eigenvalue weighted by Gasteiger charge is -2.18. The molecule has 0 N–H and O–H groups in total. The van der Waals surface area contributed by atoms with Crippen molar-refractivity contribution < 1.29 is 14.3 Å². The number of benzene rings is 2. The summed E-state index contributed by atoms with van der Waals surface area (Å²) in [5.41, 5.74) is 5.51. The van der Waals surface area contributed by atoms with E-state index in [0.717, 1.165) is 17.3 Å². The molecule has 0 atom stereocenters. The zero-order valence-electron chi connectivity index (χ0n) is 18.3. The van der Waals surface area contributed by atoms with Crippen molar-refractivity contribution in [3.8, 4) is 17.6 Å². The molecule has 0 aliphatic carbocycles. The molecule has 1 aliphatic heterocycles. The number of pyridine rings is 1. The van der Waals surface area contributed by atoms with E-state index in [-0.39, 0.29) is 13.2 Å². The number of nitrogens with zero attached hydrogens (tertiary/aromatic N) is 2. The van der Waals surface area contributed by atoms with Crippen LogP contribution < -0.4 is 9.47 Å². The summed E-state index contributed by atoms with van der Waals surface area (Å²) in [5, 5.41) is 10.6. The van der Waals surface area contributed by atoms with E-state index in [1.807, 2.05) is 12.1 Å². The Morgan fingerprint density at radius 2 is 1.84 bits per heavy atom. The van der Waals surface area contributed by atoms with E-state index in [2.05, 4.69) is 50.0 Å². The van der Waals surface area contributed by atoms with Crippen LogP contribution in [0.2, 0.25) is 0 Å². The first-order chi connectivity index (χ1) is 14.9. The van der Waals surface area contributed by atoms with Crippen LogP contribution in [-0.4, -0.2) is 29.7 Å². The lowest BCUT2D eigenvalue weighted by atomic mass is 10.0. The molecule has 0 radical (unpaired) electrons. The zero-order chi connectivity index (χ0) is 22.4. The first-order valence-electron chi connectivity index (χ1n) is 10.2. The molecule has 0 saturated carbocycles. The molecule has 2 heterocycles. The van der Waals surface area contributed by atoms with Crippen molar-refractivity contribution in [2.24, 2.45) is 0 Å². The number of ether oxygens (including phenoxy) is 2. The number of hydrogen-bond acceptors (Lipinski definition) is 6. The summed E-state index contributed by atoms with van der Waals surface area (Å²) in [7, 11) is 0. The first kappa shape index (κ1) is 25.2. The average molecular weight is 451 g/mol. The second-order valence-corrected chi connectivity index (χ2v) is 8.31. The number of nitriles is 1. The maximum absolute atomic E-state index is 11.1. The van der Waals surface area contributed by atoms with E-state index in [4.69, 9.17) is 9.47 Å². The fourth-order valence-corrected chi connectivity index (χ4v) is 4.01. The number of aryl methyl sites for hydroxylation is 2. The fraction of sp³-hybridized carbons (Fsp3) is 0.346. The second-order valence-electron chi connectivity index (χ2n) is 7.34. The third-order valence-electron chi connectivity index (χ3n) is 5.07. The molecule has 2 aromatic carbocycles. The number of aromatic nitrogens is 1. The summed E-state index contributed by atoms with van der Waals surface area (Å²) < 4.78 is 11.1. The van der Waals surface area contributed by atoms with Crippen LogP contribution in [0.1, 0.15) is 43.5 Å². The van der Waals surface area contributed by atoms with Crippen LogP contribution in [0.15, 0.2) is 41.4 Å². The average Bonchev–Trinajstić information content (AvgIpc) is 2.77. The van der Waals surface area contributed by atoms with Crippen LogP contribution >= 0.6 is 11.8 Å². The third-order valence-corrected chi connectivity index (χ3v) is 6.21. The summed E-state index contributed by atoms with van der Waals surface area (Å²) in [5.74, 6) is 1.68. The van der Waals surface area contributed by atoms with Gasteiger partial charge in [-0.3, -0.25) is 4.79 Å². The fourth-order valence-electron chi connectivity index (χ4n) is 3.25. The largest absolute Gasteiger partial charge is 0.486 e. The zero-order valence-corrected chi connectivity index (χ0v) is 19.1. The van der Waals surface area contributed by atoms with Gasteiger partial charge in [-0.25, -0.2) is 4.98 Å². The lowest BCUT2D eigenvalue weighted by Crippen LogP contribution is -2.15. The normalized spacial score (nSPS) is 11.6. The molecule has 0 bridgehead atoms. The van der Waals surface area contributed by atoms with Crippen molar-refractivity contribution in [3.05, 3.63) is 58.7 Å². The Balaban J connectivity index is 0.000000280. The number of ketones is 1. The molecule has 0 spiro atoms. The molecule has 6 heteroatoms. The van der Waals surface area contributed by atoms with Gasteiger partial charge < -0.3 is 9.47 Å². The summed E-state index contributed by atoms with van der Waals surface area (Å²) in [6.07, 6.45) is 1.15. The van der Waals surface area contributed by atoms with E-state index >= 15 is 0 Å². The maximum atomic E-state index is 11.1. The molecule has 3 aromatic rings. The number of hydrogen-bond donors (Lipinski definition) is 0. The number of carbonyl (C=O) groups excluding carboxylic acids is 1. The monoisotopic (exact) mass is 450 g/mol. The van der Waals surface area contributed by atoms with Gasteiger partial charge >= 0.3 is 0 Å². The van der Waals surface area contributed by atoms with E-state index in [9.17, 15) is 10.1 Å². The van der Waals surface area contributed by atoms with Gasteiger partial charge in [0.2, 0.25) is 0 Å². The molecule has 4 rings (SSSR count). The van der Waals surface area contributed by atoms with Gasteiger partial charge in [-0.1, -0.05) is 44.3 Å². The van der Waals surface area contributed by atoms with Crippen LogP contribution in [-0.2, 0) is 11.2 Å². The minimum Gasteiger partial charge on any atom is -0.486 e. The third kappa shape index (κ3) is 6.02. The highest BCUT2D eigenvalue weighted by Crippen LogP contribution is 2.35. The van der Waals surface area contributed by atoms with Gasteiger partial charge in [0.1, 0.15) is 30.1 Å². The molecule has 1 aliphatic rings. The van der Waals surface area contributed by atoms with Crippen molar-refractivity contribution >= 4 is 28.4 Å². The van der Waals surface area contributed by atoms with Gasteiger partial charge in [0, 0.05) is 11.5 Å². The highest BCUT2D eigenvalue weighted by Gasteiger charge is 2.15. The quantitative estimate of drug-likeness (QED) is 0.450. The van der Waals surface area contributed by atoms with Gasteiger partial charge in [0.15, 0.2) is 11.5 Å². The molecule has 1 aromatic heterocycles. The number of rotatable bonds is 4. The van der Waals surface area contributed by atoms with Crippen LogP contribution in [0.5, 0.6) is 11.5 Å². The highest BCUT2D eigenvalue weighted by atomic mass is 32.2. The molecule has 32 heavy (non-hydrogen) atoms. The second kappa shape index (κ2) is 11.5. The van der Waals surface area contributed by atoms with Crippen LogP contribution in [0, 0.1) is 25.2 Å². The molecule has 0 fully saturated rings. The van der Waals surface area contributed by atoms with E-state index < -0.39 is 0 Å². The smallest absolute Gasteiger partial charge is 0.163 e. The van der Waals surface area contributed by atoms with Crippen LogP contribution in [0.4, 0.5) is 0 Å². The van der Waals surface area contributed by atoms with E-state index in [1.165, 1.54) is 35.4 Å². The SMILES string of the molecule is C.CC(=O)CSc1nc2cc3c(cc2cc1C#N)OCCO3.CCc1cccc(C)c1C. The van der Waals surface area contributed by atoms with Crippen molar-refractivity contribution in [2.75, 3.05) is 19.0 Å². The van der Waals surface area contributed by atoms with Gasteiger partial charge in [0.05, 0.1) is 16.8 Å². The minimum atomic E-state index is 0. The Kier molecular flexibility index (Phi) is 9.10. The van der Waals surface area contributed by atoms with Crippen molar-refractivity contribution in [1.82, 2.24) is 4.98 Å². The minimum absolute atomic E-state index is 0. The van der Waals surface area contributed by atoms with Crippen LogP contribution in [0.25, 0.3) is 10.9 Å². The molecule has 0 amide bonds. The molecule has 0 unspecified atom stereocenters. The van der Waals surface area contributed by atoms with Crippen molar-refractivity contribution in [1.29, 1.82) is 5.26 Å². The molecular weight excluding hydrogens is 420 g/mol. The van der Waals surface area contributed by atoms with Crippen LogP contribution in [0.3, 0.4) is 0 Å². The van der Waals surface area contributed by atoms with Gasteiger partial charge in [-0.15, -0.1) is 0 Å². The molecule has 5 nitrogen and oxygen atoms in total. The summed E-state index contributed by atoms with van der Waals surface area (Å²) in [6.45, 7) is 9.09. The maximum Gasteiger partial charge on any atom is 0.163 e. The van der Waals surface area contributed by atoms with Gasteiger partial charge in [-0.2, -0.15) is 5.26 Å². The number of thioether (sulfide) groups is 1. The van der Waals surface area contributed by atoms with Gasteiger partial charge in [-0.05, 0) is 56.0 Å². The Bertz CT molecular complexity index is 1150. The Hall–Kier alpha value is -3.04. The lowest BCUT2D eigenvalue weighted by molar-refractivity contribution is -0.114. The number of fused-ring (bicyclic) bond motifs is 2. The Morgan fingerprint density at radius 3 is 2.44 bits per heavy atom. The molecule has 168 valence electrons. The van der Waals surface area contributed by atoms with Crippen molar-refractivity contribution in [3.63, 3.8) is 0 Å².